The molecule has 186 valence electrons. The van der Waals surface area contributed by atoms with Crippen molar-refractivity contribution in [2.45, 2.75) is 64.6 Å². The van der Waals surface area contributed by atoms with Crippen LogP contribution in [-0.4, -0.2) is 75.5 Å². The van der Waals surface area contributed by atoms with E-state index in [1.165, 1.54) is 12.5 Å². The van der Waals surface area contributed by atoms with E-state index in [-0.39, 0.29) is 40.1 Å². The van der Waals surface area contributed by atoms with E-state index < -0.39 is 29.9 Å². The molecule has 1 aromatic rings. The number of anilines is 1. The molecule has 2 rings (SSSR count). The maximum atomic E-state index is 13.2. The van der Waals surface area contributed by atoms with Gasteiger partial charge in [-0.25, -0.2) is 13.4 Å². The van der Waals surface area contributed by atoms with Crippen molar-refractivity contribution in [3.63, 3.8) is 0 Å². The van der Waals surface area contributed by atoms with E-state index in [4.69, 9.17) is 9.57 Å². The first kappa shape index (κ1) is 27.2. The van der Waals surface area contributed by atoms with Crippen LogP contribution in [0.3, 0.4) is 0 Å². The van der Waals surface area contributed by atoms with Crippen LogP contribution in [0.4, 0.5) is 5.13 Å². The number of thiazole rings is 1. The number of nitrogens with zero attached hydrogens (tertiary/aromatic N) is 3. The number of hydrogen-bond acceptors (Lipinski definition) is 9. The van der Waals surface area contributed by atoms with Gasteiger partial charge in [-0.15, -0.1) is 11.3 Å². The van der Waals surface area contributed by atoms with E-state index in [9.17, 15) is 18.0 Å². The predicted molar refractivity (Wildman–Crippen MR) is 130 cm³/mol. The number of β-lactam (4-membered cyclic amide) rings is 1. The zero-order chi connectivity index (χ0) is 25.4. The van der Waals surface area contributed by atoms with Crippen molar-refractivity contribution in [3.05, 3.63) is 11.1 Å². The molecule has 14 heteroatoms. The van der Waals surface area contributed by atoms with Crippen molar-refractivity contribution < 1.29 is 27.6 Å². The average Bonchev–Trinajstić information content (AvgIpc) is 3.09. The lowest BCUT2D eigenvalue weighted by Gasteiger charge is -2.57. The molecule has 0 spiro atoms. The molecule has 33 heavy (non-hydrogen) atoms. The molecule has 0 bridgehead atoms. The number of rotatable bonds is 9. The fraction of sp³-hybridized carbons (Fsp3) is 0.684. The highest BCUT2D eigenvalue weighted by Crippen LogP contribution is 2.43. The Balaban J connectivity index is 2.31. The lowest BCUT2D eigenvalue weighted by molar-refractivity contribution is -0.180. The van der Waals surface area contributed by atoms with Gasteiger partial charge in [0.25, 0.3) is 11.8 Å². The molecule has 2 amide bonds. The van der Waals surface area contributed by atoms with Gasteiger partial charge in [0.2, 0.25) is 15.7 Å². The maximum Gasteiger partial charge on any atom is 0.278 e. The quantitative estimate of drug-likeness (QED) is 0.167. The Hall–Kier alpha value is -2.03. The van der Waals surface area contributed by atoms with Crippen LogP contribution in [0.25, 0.3) is 0 Å². The Bertz CT molecular complexity index is 1050. The van der Waals surface area contributed by atoms with Gasteiger partial charge < -0.3 is 19.5 Å². The van der Waals surface area contributed by atoms with E-state index in [0.29, 0.717) is 0 Å². The zero-order valence-electron chi connectivity index (χ0n) is 20.5. The Kier molecular flexibility index (Phi) is 7.68. The number of sulfonamides is 1. The van der Waals surface area contributed by atoms with Crippen molar-refractivity contribution in [1.29, 1.82) is 0 Å². The second-order valence-electron chi connectivity index (χ2n) is 9.69. The molecule has 1 unspecified atom stereocenters. The molecule has 1 aliphatic rings. The number of carbonyl (C=O) groups is 2. The largest absolute Gasteiger partial charge is 0.392 e. The van der Waals surface area contributed by atoms with Crippen molar-refractivity contribution >= 4 is 52.3 Å². The van der Waals surface area contributed by atoms with Gasteiger partial charge in [-0.3, -0.25) is 14.3 Å². The Morgan fingerprint density at radius 2 is 1.97 bits per heavy atom. The van der Waals surface area contributed by atoms with Crippen molar-refractivity contribution in [2.24, 2.45) is 5.16 Å². The SMILES string of the molecule is COC1(NC(=O)C(=NOC(C)C)c2csc(NS(C)(=O)=O)n2)CN([Si](C)(C)C(C)(C)C)C1=O. The summed E-state index contributed by atoms with van der Waals surface area (Å²) in [5.74, 6) is -1.04. The topological polar surface area (TPSA) is 139 Å². The van der Waals surface area contributed by atoms with E-state index in [2.05, 4.69) is 54.0 Å². The number of oxime groups is 1. The monoisotopic (exact) mass is 519 g/mol. The summed E-state index contributed by atoms with van der Waals surface area (Å²) >= 11 is 0.988. The summed E-state index contributed by atoms with van der Waals surface area (Å²) in [4.78, 5) is 35.8. The molecule has 1 aromatic heterocycles. The molecule has 1 saturated heterocycles. The summed E-state index contributed by atoms with van der Waals surface area (Å²) in [6.07, 6.45) is 0.673. The first-order valence-corrected chi connectivity index (χ1v) is 16.0. The molecule has 2 N–H and O–H groups in total. The fourth-order valence-corrected chi connectivity index (χ4v) is 6.50. The maximum absolute atomic E-state index is 13.2. The number of carbonyl (C=O) groups excluding carboxylic acids is 2. The minimum Gasteiger partial charge on any atom is -0.392 e. The van der Waals surface area contributed by atoms with Gasteiger partial charge in [0.1, 0.15) is 11.8 Å². The molecule has 0 radical (unpaired) electrons. The molecule has 2 heterocycles. The summed E-state index contributed by atoms with van der Waals surface area (Å²) in [5.41, 5.74) is -1.62. The van der Waals surface area contributed by atoms with Gasteiger partial charge in [-0.1, -0.05) is 39.0 Å². The molecule has 0 saturated carbocycles. The standard InChI is InChI=1S/C19H33N5O6S2Si/c1-12(2)30-22-14(13-10-31-17(20-13)23-32(7,27)28)15(25)21-19(29-6)11-24(16(19)26)33(8,9)18(3,4)5/h10,12H,11H2,1-9H3,(H,20,23)(H,21,25). The van der Waals surface area contributed by atoms with Crippen LogP contribution in [0, 0.1) is 0 Å². The lowest BCUT2D eigenvalue weighted by Crippen LogP contribution is -2.81. The third-order valence-corrected chi connectivity index (χ3v) is 12.6. The molecular formula is C19H33N5O6S2Si. The Labute approximate surface area is 200 Å². The van der Waals surface area contributed by atoms with Crippen molar-refractivity contribution in [1.82, 2.24) is 14.9 Å². The zero-order valence-corrected chi connectivity index (χ0v) is 23.1. The second-order valence-corrected chi connectivity index (χ2v) is 17.5. The minimum atomic E-state index is -3.54. The highest BCUT2D eigenvalue weighted by Gasteiger charge is 2.61. The number of ether oxygens (including phenoxy) is 1. The van der Waals surface area contributed by atoms with Gasteiger partial charge in [-0.05, 0) is 18.9 Å². The van der Waals surface area contributed by atoms with E-state index >= 15 is 0 Å². The molecule has 11 nitrogen and oxygen atoms in total. The molecule has 1 atom stereocenters. The van der Waals surface area contributed by atoms with Gasteiger partial charge in [0.05, 0.1) is 12.8 Å². The third-order valence-electron chi connectivity index (χ3n) is 5.73. The lowest BCUT2D eigenvalue weighted by atomic mass is 10.1. The van der Waals surface area contributed by atoms with Crippen LogP contribution < -0.4 is 10.0 Å². The van der Waals surface area contributed by atoms with Crippen LogP contribution in [0.15, 0.2) is 10.5 Å². The van der Waals surface area contributed by atoms with Crippen molar-refractivity contribution in [2.75, 3.05) is 24.6 Å². The highest BCUT2D eigenvalue weighted by atomic mass is 32.2. The first-order valence-electron chi connectivity index (χ1n) is 10.3. The van der Waals surface area contributed by atoms with Gasteiger partial charge in [0.15, 0.2) is 19.1 Å². The van der Waals surface area contributed by atoms with Gasteiger partial charge >= 0.3 is 0 Å². The predicted octanol–water partition coefficient (Wildman–Crippen LogP) is 1.95. The van der Waals surface area contributed by atoms with E-state index in [0.717, 1.165) is 17.6 Å². The second kappa shape index (κ2) is 9.31. The molecule has 1 aliphatic heterocycles. The van der Waals surface area contributed by atoms with Gasteiger partial charge in [0, 0.05) is 12.5 Å². The number of nitrogens with one attached hydrogen (secondary N) is 2. The number of methoxy groups -OCH3 is 1. The van der Waals surface area contributed by atoms with E-state index in [1.54, 1.807) is 18.4 Å². The van der Waals surface area contributed by atoms with Crippen LogP contribution in [-0.2, 0) is 29.2 Å². The van der Waals surface area contributed by atoms with Crippen LogP contribution >= 0.6 is 11.3 Å². The summed E-state index contributed by atoms with van der Waals surface area (Å²) in [6, 6.07) is 0. The fourth-order valence-electron chi connectivity index (χ4n) is 2.83. The first-order chi connectivity index (χ1) is 14.9. The number of amides is 2. The normalized spacial score (nSPS) is 20.0. The van der Waals surface area contributed by atoms with Crippen molar-refractivity contribution in [3.8, 4) is 0 Å². The average molecular weight is 520 g/mol. The van der Waals surface area contributed by atoms with Gasteiger partial charge in [-0.2, -0.15) is 0 Å². The summed E-state index contributed by atoms with van der Waals surface area (Å²) in [7, 11) is -4.34. The molecule has 0 aromatic carbocycles. The smallest absolute Gasteiger partial charge is 0.278 e. The van der Waals surface area contributed by atoms with E-state index in [1.807, 2.05) is 0 Å². The summed E-state index contributed by atoms with van der Waals surface area (Å²) in [5, 5.41) is 8.03. The van der Waals surface area contributed by atoms with Crippen LogP contribution in [0.5, 0.6) is 0 Å². The third kappa shape index (κ3) is 5.91. The number of hydrogen-bond donors (Lipinski definition) is 2. The molecule has 0 aliphatic carbocycles. The summed E-state index contributed by atoms with van der Waals surface area (Å²) in [6.45, 7) is 14.2. The molecular weight excluding hydrogens is 486 g/mol. The number of aromatic nitrogens is 1. The molecule has 1 fully saturated rings. The minimum absolute atomic E-state index is 0.0721. The van der Waals surface area contributed by atoms with Crippen LogP contribution in [0.1, 0.15) is 40.3 Å². The Morgan fingerprint density at radius 1 is 1.36 bits per heavy atom. The Morgan fingerprint density at radius 3 is 2.42 bits per heavy atom. The van der Waals surface area contributed by atoms with Crippen LogP contribution in [0.2, 0.25) is 18.1 Å². The summed E-state index contributed by atoms with van der Waals surface area (Å²) < 4.78 is 32.5. The highest BCUT2D eigenvalue weighted by molar-refractivity contribution is 7.92.